The summed E-state index contributed by atoms with van der Waals surface area (Å²) in [7, 11) is 0. The first kappa shape index (κ1) is 52.9. The van der Waals surface area contributed by atoms with Crippen molar-refractivity contribution in [3.8, 4) is 32.5 Å². The van der Waals surface area contributed by atoms with Crippen molar-refractivity contribution in [1.29, 1.82) is 0 Å². The molecule has 0 amide bonds. The number of aromatic carboxylic acids is 1. The quantitative estimate of drug-likeness (QED) is 0.0622. The fourth-order valence-electron chi connectivity index (χ4n) is 6.26. The predicted molar refractivity (Wildman–Crippen MR) is 304 cm³/mol. The van der Waals surface area contributed by atoms with Crippen LogP contribution < -0.4 is 0 Å². The molecule has 0 aromatic carbocycles. The molecule has 0 unspecified atom stereocenters. The lowest BCUT2D eigenvalue weighted by atomic mass is 10.0. The van der Waals surface area contributed by atoms with Crippen molar-refractivity contribution in [3.63, 3.8) is 0 Å². The van der Waals surface area contributed by atoms with Crippen LogP contribution in [0.25, 0.3) is 43.8 Å². The summed E-state index contributed by atoms with van der Waals surface area (Å²) in [6.45, 7) is 5.26. The second-order valence-corrected chi connectivity index (χ2v) is 37.9. The number of carbonyl (C=O) groups excluding carboxylic acids is 1. The number of carbonyl (C=O) groups is 2. The average molecular weight is 1600 g/mol. The molecule has 0 saturated carbocycles. The molecule has 9 rings (SSSR count). The van der Waals surface area contributed by atoms with E-state index in [0.717, 1.165) is 37.2 Å². The zero-order valence-corrected chi connectivity index (χ0v) is 49.1. The zero-order chi connectivity index (χ0) is 47.7. The molecule has 66 heavy (non-hydrogen) atoms. The van der Waals surface area contributed by atoms with E-state index in [1.165, 1.54) is 26.5 Å². The van der Waals surface area contributed by atoms with Crippen LogP contribution in [0, 0.1) is 20.8 Å². The standard InChI is InChI=1S/C23H21N7O2S.C15H12N6O3S.2CHI3/c1-14-3-5-16(10-24-14)6-7-20(32)17-9-18(30-22(13-31)26-27-28-30)23-25-11-19(29(23)12-17)21-8-4-15(2)33-21;1-8-2-3-12(25-8)11-5-16-14-10(21-13(7-22)17-18-19-21)4-9(15(23)24)6-20(11)14;2*2-1(3)4/h3-5,8-12,31H,6-7,13H2,1-2H3;2-6,22H,7H2,1H3,(H,23,24);2*1H. The van der Waals surface area contributed by atoms with Gasteiger partial charge in [-0.25, -0.2) is 14.8 Å². The number of pyridine rings is 3. The van der Waals surface area contributed by atoms with Crippen LogP contribution in [-0.4, -0.2) is 91.1 Å². The molecule has 0 spiro atoms. The Hall–Kier alpha value is -2.49. The lowest BCUT2D eigenvalue weighted by molar-refractivity contribution is 0.0696. The summed E-state index contributed by atoms with van der Waals surface area (Å²) < 4.78 is 7.79. The van der Waals surface area contributed by atoms with Gasteiger partial charge in [0.15, 0.2) is 28.7 Å². The highest BCUT2D eigenvalue weighted by Crippen LogP contribution is 2.32. The van der Waals surface area contributed by atoms with E-state index >= 15 is 0 Å². The van der Waals surface area contributed by atoms with Gasteiger partial charge in [-0.1, -0.05) is 142 Å². The van der Waals surface area contributed by atoms with E-state index < -0.39 is 5.97 Å². The fraction of sp³-hybridized carbons (Fsp3) is 0.225. The number of halogens is 6. The molecule has 18 nitrogen and oxygen atoms in total. The number of imidazole rings is 2. The van der Waals surface area contributed by atoms with Gasteiger partial charge < -0.3 is 15.3 Å². The van der Waals surface area contributed by atoms with Crippen LogP contribution in [-0.2, 0) is 19.6 Å². The van der Waals surface area contributed by atoms with Crippen molar-refractivity contribution in [2.75, 3.05) is 0 Å². The molecule has 9 aromatic rings. The SMILES string of the molecule is Cc1ccc(-c2cnc3c(-n4nnnc4CO)cc(C(=O)O)cn23)s1.Cc1ccc(CCC(=O)c2cc(-n3nnnc3CO)c3ncc(-c4ccc(C)s4)n3c2)cn1.IC(I)I.IC(I)I. The van der Waals surface area contributed by atoms with Gasteiger partial charge in [-0.3, -0.25) is 18.6 Å². The smallest absolute Gasteiger partial charge is 0.337 e. The summed E-state index contributed by atoms with van der Waals surface area (Å²) in [6, 6.07) is 15.2. The van der Waals surface area contributed by atoms with Gasteiger partial charge in [0.05, 0.1) is 39.1 Å². The molecule has 0 atom stereocenters. The molecule has 0 bridgehead atoms. The average Bonchev–Trinajstić information content (AvgIpc) is 4.14. The van der Waals surface area contributed by atoms with Crippen LogP contribution in [0.2, 0.25) is 0 Å². The van der Waals surface area contributed by atoms with E-state index in [-0.39, 0.29) is 36.2 Å². The second-order valence-electron chi connectivity index (χ2n) is 13.6. The van der Waals surface area contributed by atoms with Crippen molar-refractivity contribution in [2.24, 2.45) is 0 Å². The number of Topliss-reactive ketones (excluding diaryl/α,β-unsaturated/α-hetero) is 1. The molecule has 0 saturated heterocycles. The lowest BCUT2D eigenvalue weighted by Gasteiger charge is -2.10. The van der Waals surface area contributed by atoms with Gasteiger partial charge in [0, 0.05) is 46.0 Å². The summed E-state index contributed by atoms with van der Waals surface area (Å²) in [4.78, 5) is 42.4. The van der Waals surface area contributed by atoms with E-state index in [2.05, 4.69) is 188 Å². The molecule has 0 aliphatic heterocycles. The number of thiophene rings is 2. The molecule has 9 heterocycles. The Kier molecular flexibility index (Phi) is 19.9. The molecule has 26 heteroatoms. The van der Waals surface area contributed by atoms with Gasteiger partial charge in [0.1, 0.15) is 24.5 Å². The maximum Gasteiger partial charge on any atom is 0.337 e. The lowest BCUT2D eigenvalue weighted by Crippen LogP contribution is -2.10. The topological polar surface area (TPSA) is 230 Å². The number of carboxylic acid groups (broad SMARTS) is 1. The van der Waals surface area contributed by atoms with Crippen molar-refractivity contribution < 1.29 is 24.9 Å². The first-order valence-electron chi connectivity index (χ1n) is 19.0. The summed E-state index contributed by atoms with van der Waals surface area (Å²) in [5.41, 5.74) is 6.19. The number of aryl methyl sites for hydroxylation is 4. The molecule has 0 aliphatic carbocycles. The summed E-state index contributed by atoms with van der Waals surface area (Å²) in [5.74, 6) is -0.632. The van der Waals surface area contributed by atoms with E-state index in [1.54, 1.807) is 51.7 Å². The summed E-state index contributed by atoms with van der Waals surface area (Å²) in [5, 5.41) is 51.2. The maximum absolute atomic E-state index is 13.2. The van der Waals surface area contributed by atoms with Gasteiger partial charge in [-0.2, -0.15) is 9.36 Å². The van der Waals surface area contributed by atoms with Gasteiger partial charge in [-0.15, -0.1) is 32.9 Å². The number of fused-ring (bicyclic) bond motifs is 2. The highest BCUT2D eigenvalue weighted by atomic mass is 127. The second kappa shape index (κ2) is 24.9. The summed E-state index contributed by atoms with van der Waals surface area (Å²) in [6.07, 6.45) is 9.51. The normalized spacial score (nSPS) is 11.0. The Morgan fingerprint density at radius 1 is 0.652 bits per heavy atom. The number of hydrogen-bond acceptors (Lipinski definition) is 15. The third-order valence-corrected chi connectivity index (χ3v) is 11.2. The van der Waals surface area contributed by atoms with Gasteiger partial charge in [0.2, 0.25) is 0 Å². The number of alkyl halides is 6. The maximum atomic E-state index is 13.2. The molecule has 3 N–H and O–H groups in total. The number of hydrogen-bond donors (Lipinski definition) is 3. The zero-order valence-electron chi connectivity index (χ0n) is 34.5. The molecular weight excluding hydrogens is 1570 g/mol. The minimum Gasteiger partial charge on any atom is -0.478 e. The highest BCUT2D eigenvalue weighted by molar-refractivity contribution is 14.3. The van der Waals surface area contributed by atoms with Crippen LogP contribution in [0.4, 0.5) is 0 Å². The minimum absolute atomic E-state index is 0.0145. The first-order valence-corrected chi connectivity index (χ1v) is 28.1. The van der Waals surface area contributed by atoms with Gasteiger partial charge >= 0.3 is 5.97 Å². The largest absolute Gasteiger partial charge is 0.478 e. The van der Waals surface area contributed by atoms with E-state index in [1.807, 2.05) is 61.7 Å². The number of aromatic nitrogens is 13. The Morgan fingerprint density at radius 2 is 1.12 bits per heavy atom. The highest BCUT2D eigenvalue weighted by Gasteiger charge is 2.21. The Morgan fingerprint density at radius 3 is 1.53 bits per heavy atom. The van der Waals surface area contributed by atoms with E-state index in [0.29, 0.717) is 41.1 Å². The number of nitrogens with zero attached hydrogens (tertiary/aromatic N) is 13. The minimum atomic E-state index is -1.08. The van der Waals surface area contributed by atoms with Gasteiger partial charge in [-0.05, 0) is 96.1 Å². The molecule has 0 radical (unpaired) electrons. The Balaban J connectivity index is 0.000000193. The van der Waals surface area contributed by atoms with Crippen LogP contribution in [0.1, 0.15) is 59.8 Å². The molecule has 344 valence electrons. The van der Waals surface area contributed by atoms with E-state index in [9.17, 15) is 24.9 Å². The van der Waals surface area contributed by atoms with Crippen molar-refractivity contribution >= 4 is 181 Å². The molecule has 0 aliphatic rings. The first-order chi connectivity index (χ1) is 31.6. The van der Waals surface area contributed by atoms with Crippen molar-refractivity contribution in [1.82, 2.24) is 64.2 Å². The number of aliphatic hydroxyl groups is 2. The Bertz CT molecular complexity index is 3060. The summed E-state index contributed by atoms with van der Waals surface area (Å²) >= 11 is 17.1. The number of aliphatic hydroxyl groups excluding tert-OH is 2. The van der Waals surface area contributed by atoms with Gasteiger partial charge in [0.25, 0.3) is 0 Å². The fourth-order valence-corrected chi connectivity index (χ4v) is 8.01. The number of rotatable bonds is 11. The van der Waals surface area contributed by atoms with Crippen LogP contribution in [0.3, 0.4) is 0 Å². The Labute approximate surface area is 466 Å². The number of carboxylic acids is 1. The third-order valence-electron chi connectivity index (χ3n) is 9.15. The molecular formula is C40H35I6N13O5S2. The molecule has 0 fully saturated rings. The van der Waals surface area contributed by atoms with Crippen molar-refractivity contribution in [3.05, 3.63) is 123 Å². The molecule has 9 aromatic heterocycles. The van der Waals surface area contributed by atoms with Crippen molar-refractivity contribution in [2.45, 2.75) is 46.7 Å². The van der Waals surface area contributed by atoms with Crippen LogP contribution in [0.15, 0.2) is 79.5 Å². The number of tetrazole rings is 2. The monoisotopic (exact) mass is 1600 g/mol. The van der Waals surface area contributed by atoms with Crippen LogP contribution in [0.5, 0.6) is 0 Å². The van der Waals surface area contributed by atoms with Crippen LogP contribution >= 0.6 is 158 Å². The third kappa shape index (κ3) is 13.6. The predicted octanol–water partition coefficient (Wildman–Crippen LogP) is 10.0. The van der Waals surface area contributed by atoms with E-state index in [4.69, 9.17) is 0 Å². The number of ketones is 1.